The Labute approximate surface area is 110 Å². The van der Waals surface area contributed by atoms with E-state index >= 15 is 0 Å². The van der Waals surface area contributed by atoms with Gasteiger partial charge in [-0.1, -0.05) is 18.2 Å². The van der Waals surface area contributed by atoms with Crippen LogP contribution in [0.4, 0.5) is 0 Å². The van der Waals surface area contributed by atoms with E-state index in [1.165, 1.54) is 0 Å². The summed E-state index contributed by atoms with van der Waals surface area (Å²) in [4.78, 5) is 24.1. The lowest BCUT2D eigenvalue weighted by Gasteiger charge is -2.12. The topological polar surface area (TPSA) is 70.8 Å². The predicted molar refractivity (Wildman–Crippen MR) is 70.3 cm³/mol. The summed E-state index contributed by atoms with van der Waals surface area (Å²) in [5.41, 5.74) is 0.680. The van der Waals surface area contributed by atoms with Gasteiger partial charge in [0.25, 0.3) is 0 Å². The lowest BCUT2D eigenvalue weighted by atomic mass is 10.2. The molecule has 0 saturated heterocycles. The lowest BCUT2D eigenvalue weighted by molar-refractivity contribution is -0.137. The molecular formula is C14H15NO4. The Hall–Kier alpha value is -2.14. The van der Waals surface area contributed by atoms with Crippen molar-refractivity contribution in [1.29, 1.82) is 0 Å². The average molecular weight is 261 g/mol. The zero-order valence-corrected chi connectivity index (χ0v) is 10.6. The number of Topliss-reactive ketones (excluding diaryl/α,β-unsaturated/α-hetero) is 1. The van der Waals surface area contributed by atoms with E-state index in [0.717, 1.165) is 5.39 Å². The van der Waals surface area contributed by atoms with Gasteiger partial charge in [0.15, 0.2) is 5.76 Å². The summed E-state index contributed by atoms with van der Waals surface area (Å²) in [7, 11) is 1.71. The van der Waals surface area contributed by atoms with Crippen molar-refractivity contribution in [2.24, 2.45) is 0 Å². The second-order valence-electron chi connectivity index (χ2n) is 4.45. The molecule has 5 heteroatoms. The molecule has 19 heavy (non-hydrogen) atoms. The summed E-state index contributed by atoms with van der Waals surface area (Å²) in [6.07, 6.45) is 0.0178. The van der Waals surface area contributed by atoms with Crippen molar-refractivity contribution in [1.82, 2.24) is 4.90 Å². The molecule has 0 fully saturated rings. The molecule has 5 nitrogen and oxygen atoms in total. The number of nitrogens with zero attached hydrogens (tertiary/aromatic N) is 1. The number of carbonyl (C=O) groups excluding carboxylic acids is 1. The number of aliphatic carboxylic acids is 1. The standard InChI is InChI=1S/C14H15NO4/c1-15(7-6-14(17)18)9-11(16)13-8-10-4-2-3-5-12(10)19-13/h2-5,8H,6-7,9H2,1H3,(H,17,18). The minimum Gasteiger partial charge on any atom is -0.481 e. The molecule has 0 spiro atoms. The highest BCUT2D eigenvalue weighted by molar-refractivity contribution is 5.98. The number of carboxylic acid groups (broad SMARTS) is 1. The molecule has 2 rings (SSSR count). The van der Waals surface area contributed by atoms with Crippen LogP contribution in [0.3, 0.4) is 0 Å². The molecule has 2 aromatic rings. The first kappa shape index (κ1) is 13.3. The van der Waals surface area contributed by atoms with Gasteiger partial charge < -0.3 is 9.52 Å². The van der Waals surface area contributed by atoms with Crippen molar-refractivity contribution in [2.75, 3.05) is 20.1 Å². The molecule has 1 heterocycles. The van der Waals surface area contributed by atoms with Gasteiger partial charge in [-0.05, 0) is 19.2 Å². The maximum Gasteiger partial charge on any atom is 0.304 e. The Morgan fingerprint density at radius 3 is 2.74 bits per heavy atom. The molecule has 0 unspecified atom stereocenters. The summed E-state index contributed by atoms with van der Waals surface area (Å²) in [5.74, 6) is -0.713. The number of likely N-dealkylation sites (N-methyl/N-ethyl adjacent to an activating group) is 1. The number of carboxylic acids is 1. The second kappa shape index (κ2) is 5.67. The van der Waals surface area contributed by atoms with Crippen molar-refractivity contribution in [3.63, 3.8) is 0 Å². The Bertz CT molecular complexity index is 569. The van der Waals surface area contributed by atoms with Crippen LogP contribution in [0.2, 0.25) is 0 Å². The molecule has 0 amide bonds. The van der Waals surface area contributed by atoms with E-state index in [2.05, 4.69) is 0 Å². The fourth-order valence-electron chi connectivity index (χ4n) is 1.81. The SMILES string of the molecule is CN(CCC(=O)O)CC(=O)c1cc2ccccc2o1. The monoisotopic (exact) mass is 261 g/mol. The minimum atomic E-state index is -0.872. The Balaban J connectivity index is 2.01. The lowest BCUT2D eigenvalue weighted by Crippen LogP contribution is -2.28. The molecule has 1 aromatic carbocycles. The highest BCUT2D eigenvalue weighted by atomic mass is 16.4. The van der Waals surface area contributed by atoms with Crippen LogP contribution in [0.15, 0.2) is 34.7 Å². The van der Waals surface area contributed by atoms with Gasteiger partial charge in [0.2, 0.25) is 5.78 Å². The fraction of sp³-hybridized carbons (Fsp3) is 0.286. The largest absolute Gasteiger partial charge is 0.481 e. The van der Waals surface area contributed by atoms with Crippen LogP contribution >= 0.6 is 0 Å². The maximum atomic E-state index is 12.0. The maximum absolute atomic E-state index is 12.0. The van der Waals surface area contributed by atoms with Crippen LogP contribution in [0.1, 0.15) is 17.0 Å². The Morgan fingerprint density at radius 1 is 1.32 bits per heavy atom. The molecule has 1 N–H and O–H groups in total. The zero-order chi connectivity index (χ0) is 13.8. The normalized spacial score (nSPS) is 11.1. The number of carbonyl (C=O) groups is 2. The summed E-state index contributed by atoms with van der Waals surface area (Å²) >= 11 is 0. The first-order valence-corrected chi connectivity index (χ1v) is 5.98. The van der Waals surface area contributed by atoms with Gasteiger partial charge >= 0.3 is 5.97 Å². The van der Waals surface area contributed by atoms with Crippen LogP contribution in [0, 0.1) is 0 Å². The number of benzene rings is 1. The molecular weight excluding hydrogens is 246 g/mol. The Kier molecular flexibility index (Phi) is 3.97. The van der Waals surface area contributed by atoms with Gasteiger partial charge in [0.1, 0.15) is 5.58 Å². The molecule has 100 valence electrons. The number of fused-ring (bicyclic) bond motifs is 1. The van der Waals surface area contributed by atoms with E-state index in [0.29, 0.717) is 17.9 Å². The minimum absolute atomic E-state index is 0.0178. The molecule has 0 aliphatic carbocycles. The van der Waals surface area contributed by atoms with Crippen molar-refractivity contribution < 1.29 is 19.1 Å². The summed E-state index contributed by atoms with van der Waals surface area (Å²) in [6, 6.07) is 9.12. The smallest absolute Gasteiger partial charge is 0.304 e. The highest BCUT2D eigenvalue weighted by Crippen LogP contribution is 2.19. The zero-order valence-electron chi connectivity index (χ0n) is 10.6. The van der Waals surface area contributed by atoms with Crippen molar-refractivity contribution in [2.45, 2.75) is 6.42 Å². The van der Waals surface area contributed by atoms with Crippen LogP contribution in [0.25, 0.3) is 11.0 Å². The molecule has 0 aliphatic rings. The van der Waals surface area contributed by atoms with E-state index in [9.17, 15) is 9.59 Å². The first-order chi connectivity index (χ1) is 9.06. The number of ketones is 1. The summed E-state index contributed by atoms with van der Waals surface area (Å²) in [6.45, 7) is 0.481. The third-order valence-corrected chi connectivity index (χ3v) is 2.82. The number of para-hydroxylation sites is 1. The van der Waals surface area contributed by atoms with E-state index in [-0.39, 0.29) is 18.7 Å². The molecule has 0 atom stereocenters. The fourth-order valence-corrected chi connectivity index (χ4v) is 1.81. The van der Waals surface area contributed by atoms with Crippen molar-refractivity contribution in [3.8, 4) is 0 Å². The van der Waals surface area contributed by atoms with E-state index < -0.39 is 5.97 Å². The third kappa shape index (κ3) is 3.42. The van der Waals surface area contributed by atoms with Gasteiger partial charge in [0, 0.05) is 11.9 Å². The summed E-state index contributed by atoms with van der Waals surface area (Å²) < 4.78 is 5.46. The predicted octanol–water partition coefficient (Wildman–Crippen LogP) is 2.02. The van der Waals surface area contributed by atoms with Gasteiger partial charge in [0.05, 0.1) is 13.0 Å². The van der Waals surface area contributed by atoms with Crippen LogP contribution < -0.4 is 0 Å². The quantitative estimate of drug-likeness (QED) is 0.805. The number of hydrogen-bond acceptors (Lipinski definition) is 4. The first-order valence-electron chi connectivity index (χ1n) is 5.98. The Morgan fingerprint density at radius 2 is 2.05 bits per heavy atom. The number of furan rings is 1. The third-order valence-electron chi connectivity index (χ3n) is 2.82. The van der Waals surface area contributed by atoms with Crippen LogP contribution in [0.5, 0.6) is 0 Å². The van der Waals surface area contributed by atoms with E-state index in [1.807, 2.05) is 18.2 Å². The number of rotatable bonds is 6. The highest BCUT2D eigenvalue weighted by Gasteiger charge is 2.14. The second-order valence-corrected chi connectivity index (χ2v) is 4.45. The molecule has 0 saturated carbocycles. The molecule has 0 aliphatic heterocycles. The van der Waals surface area contributed by atoms with E-state index in [1.54, 1.807) is 24.1 Å². The number of hydrogen-bond donors (Lipinski definition) is 1. The molecule has 1 aromatic heterocycles. The van der Waals surface area contributed by atoms with E-state index in [4.69, 9.17) is 9.52 Å². The molecule has 0 bridgehead atoms. The van der Waals surface area contributed by atoms with Gasteiger partial charge in [-0.25, -0.2) is 0 Å². The van der Waals surface area contributed by atoms with Crippen molar-refractivity contribution >= 4 is 22.7 Å². The summed E-state index contributed by atoms with van der Waals surface area (Å²) in [5, 5.41) is 9.47. The van der Waals surface area contributed by atoms with Crippen LogP contribution in [-0.2, 0) is 4.79 Å². The van der Waals surface area contributed by atoms with Gasteiger partial charge in [-0.3, -0.25) is 14.5 Å². The van der Waals surface area contributed by atoms with Gasteiger partial charge in [-0.15, -0.1) is 0 Å². The van der Waals surface area contributed by atoms with Gasteiger partial charge in [-0.2, -0.15) is 0 Å². The molecule has 0 radical (unpaired) electrons. The van der Waals surface area contributed by atoms with Crippen LogP contribution in [-0.4, -0.2) is 41.9 Å². The average Bonchev–Trinajstić information content (AvgIpc) is 2.80. The van der Waals surface area contributed by atoms with Crippen molar-refractivity contribution in [3.05, 3.63) is 36.1 Å².